The second-order valence-corrected chi connectivity index (χ2v) is 7.17. The minimum absolute atomic E-state index is 0.0881. The van der Waals surface area contributed by atoms with Gasteiger partial charge in [-0.15, -0.1) is 0 Å². The van der Waals surface area contributed by atoms with E-state index in [9.17, 15) is 17.6 Å². The van der Waals surface area contributed by atoms with Crippen LogP contribution in [0.5, 0.6) is 0 Å². The van der Waals surface area contributed by atoms with Crippen molar-refractivity contribution in [3.63, 3.8) is 0 Å². The van der Waals surface area contributed by atoms with Crippen LogP contribution < -0.4 is 10.5 Å². The van der Waals surface area contributed by atoms with Gasteiger partial charge in [-0.3, -0.25) is 4.79 Å². The highest BCUT2D eigenvalue weighted by Crippen LogP contribution is 2.15. The zero-order valence-corrected chi connectivity index (χ0v) is 14.3. The summed E-state index contributed by atoms with van der Waals surface area (Å²) < 4.78 is 37.4. The number of nitrogens with zero attached hydrogens (tertiary/aromatic N) is 2. The number of anilines is 1. The molecule has 0 aliphatic rings. The van der Waals surface area contributed by atoms with E-state index in [0.29, 0.717) is 11.3 Å². The van der Waals surface area contributed by atoms with Crippen molar-refractivity contribution < 1.29 is 17.6 Å². The molecule has 0 saturated carbocycles. The fourth-order valence-corrected chi connectivity index (χ4v) is 3.03. The van der Waals surface area contributed by atoms with Crippen molar-refractivity contribution in [2.24, 2.45) is 5.14 Å². The molecule has 2 aromatic carbocycles. The number of hydrogen-bond acceptors (Lipinski definition) is 4. The summed E-state index contributed by atoms with van der Waals surface area (Å²) in [6.07, 6.45) is 1.48. The average molecular weight is 374 g/mol. The first-order valence-corrected chi connectivity index (χ1v) is 9.25. The van der Waals surface area contributed by atoms with E-state index in [2.05, 4.69) is 10.4 Å². The van der Waals surface area contributed by atoms with Gasteiger partial charge in [-0.1, -0.05) is 24.3 Å². The third-order valence-electron chi connectivity index (χ3n) is 3.47. The molecule has 0 fully saturated rings. The maximum Gasteiger partial charge on any atom is 0.276 e. The van der Waals surface area contributed by atoms with Gasteiger partial charge >= 0.3 is 0 Å². The lowest BCUT2D eigenvalue weighted by atomic mass is 10.2. The fourth-order valence-electron chi connectivity index (χ4n) is 2.38. The second-order valence-electron chi connectivity index (χ2n) is 5.56. The molecule has 0 bridgehead atoms. The third kappa shape index (κ3) is 4.32. The van der Waals surface area contributed by atoms with Crippen LogP contribution in [0, 0.1) is 5.82 Å². The predicted octanol–water partition coefficient (Wildman–Crippen LogP) is 2.05. The summed E-state index contributed by atoms with van der Waals surface area (Å²) in [5.74, 6) is -1.30. The molecule has 0 unspecified atom stereocenters. The van der Waals surface area contributed by atoms with Gasteiger partial charge in [0.15, 0.2) is 5.69 Å². The van der Waals surface area contributed by atoms with E-state index in [1.807, 2.05) is 0 Å². The smallest absolute Gasteiger partial charge is 0.276 e. The molecule has 26 heavy (non-hydrogen) atoms. The standard InChI is InChI=1S/C17H15FN4O3S/c18-14-6-1-2-7-16(14)22-9-8-15(21-22)17(23)20-13-5-3-4-12(10-13)11-26(19,24)25/h1-10H,11H2,(H,20,23)(H2,19,24,25). The molecule has 0 spiro atoms. The first-order chi connectivity index (χ1) is 12.3. The first kappa shape index (κ1) is 17.8. The van der Waals surface area contributed by atoms with E-state index in [1.54, 1.807) is 36.4 Å². The molecule has 1 aromatic heterocycles. The number of nitrogens with one attached hydrogen (secondary N) is 1. The number of amides is 1. The maximum atomic E-state index is 13.8. The van der Waals surface area contributed by atoms with E-state index < -0.39 is 21.7 Å². The number of halogens is 1. The molecule has 9 heteroatoms. The molecule has 134 valence electrons. The molecule has 0 aliphatic carbocycles. The molecule has 0 radical (unpaired) electrons. The molecule has 3 rings (SSSR count). The Morgan fingerprint density at radius 3 is 2.65 bits per heavy atom. The lowest BCUT2D eigenvalue weighted by Gasteiger charge is -2.06. The van der Waals surface area contributed by atoms with Crippen LogP contribution in [0.4, 0.5) is 10.1 Å². The van der Waals surface area contributed by atoms with Gasteiger partial charge in [0.05, 0.1) is 5.75 Å². The Balaban J connectivity index is 1.77. The number of carbonyl (C=O) groups is 1. The van der Waals surface area contributed by atoms with Gasteiger partial charge in [-0.05, 0) is 35.9 Å². The quantitative estimate of drug-likeness (QED) is 0.713. The molecular weight excluding hydrogens is 359 g/mol. The van der Waals surface area contributed by atoms with Gasteiger partial charge in [-0.25, -0.2) is 22.6 Å². The summed E-state index contributed by atoms with van der Waals surface area (Å²) in [4.78, 5) is 12.3. The van der Waals surface area contributed by atoms with Crippen LogP contribution in [0.3, 0.4) is 0 Å². The van der Waals surface area contributed by atoms with Crippen LogP contribution in [-0.4, -0.2) is 24.1 Å². The topological polar surface area (TPSA) is 107 Å². The molecule has 1 heterocycles. The van der Waals surface area contributed by atoms with Gasteiger partial charge < -0.3 is 5.32 Å². The zero-order valence-electron chi connectivity index (χ0n) is 13.5. The summed E-state index contributed by atoms with van der Waals surface area (Å²) in [6, 6.07) is 13.8. The van der Waals surface area contributed by atoms with E-state index in [1.165, 1.54) is 29.1 Å². The molecule has 0 aliphatic heterocycles. The van der Waals surface area contributed by atoms with Crippen molar-refractivity contribution in [3.05, 3.63) is 77.9 Å². The summed E-state index contributed by atoms with van der Waals surface area (Å²) >= 11 is 0. The second kappa shape index (κ2) is 7.06. The Morgan fingerprint density at radius 1 is 1.15 bits per heavy atom. The number of carbonyl (C=O) groups excluding carboxylic acids is 1. The van der Waals surface area contributed by atoms with Crippen molar-refractivity contribution in [1.82, 2.24) is 9.78 Å². The highest BCUT2D eigenvalue weighted by molar-refractivity contribution is 7.88. The van der Waals surface area contributed by atoms with Crippen molar-refractivity contribution in [3.8, 4) is 5.69 Å². The summed E-state index contributed by atoms with van der Waals surface area (Å²) in [6.45, 7) is 0. The van der Waals surface area contributed by atoms with Crippen LogP contribution in [0.2, 0.25) is 0 Å². The summed E-state index contributed by atoms with van der Waals surface area (Å²) in [5.41, 5.74) is 1.16. The number of primary sulfonamides is 1. The molecule has 3 aromatic rings. The van der Waals surface area contributed by atoms with E-state index >= 15 is 0 Å². The van der Waals surface area contributed by atoms with E-state index in [-0.39, 0.29) is 17.1 Å². The lowest BCUT2D eigenvalue weighted by Crippen LogP contribution is -2.16. The number of rotatable bonds is 5. The van der Waals surface area contributed by atoms with E-state index in [0.717, 1.165) is 0 Å². The monoisotopic (exact) mass is 374 g/mol. The van der Waals surface area contributed by atoms with Crippen LogP contribution in [0.25, 0.3) is 5.69 Å². The summed E-state index contributed by atoms with van der Waals surface area (Å²) in [7, 11) is -3.67. The van der Waals surface area contributed by atoms with Crippen LogP contribution >= 0.6 is 0 Å². The van der Waals surface area contributed by atoms with Gasteiger partial charge in [0, 0.05) is 11.9 Å². The largest absolute Gasteiger partial charge is 0.321 e. The Labute approximate surface area is 149 Å². The van der Waals surface area contributed by atoms with Crippen molar-refractivity contribution in [2.45, 2.75) is 5.75 Å². The minimum Gasteiger partial charge on any atom is -0.321 e. The van der Waals surface area contributed by atoms with Crippen LogP contribution in [0.15, 0.2) is 60.8 Å². The number of hydrogen-bond donors (Lipinski definition) is 2. The Bertz CT molecular complexity index is 1060. The minimum atomic E-state index is -3.67. The molecule has 0 atom stereocenters. The zero-order chi connectivity index (χ0) is 18.7. The number of nitrogens with two attached hydrogens (primary N) is 1. The van der Waals surface area contributed by atoms with Crippen molar-refractivity contribution in [2.75, 3.05) is 5.32 Å². The lowest BCUT2D eigenvalue weighted by molar-refractivity contribution is 0.102. The molecule has 1 amide bonds. The third-order valence-corrected chi connectivity index (χ3v) is 4.21. The van der Waals surface area contributed by atoms with Gasteiger partial charge in [0.25, 0.3) is 5.91 Å². The van der Waals surface area contributed by atoms with Gasteiger partial charge in [0.1, 0.15) is 11.5 Å². The van der Waals surface area contributed by atoms with Crippen molar-refractivity contribution >= 4 is 21.6 Å². The van der Waals surface area contributed by atoms with Gasteiger partial charge in [-0.2, -0.15) is 5.10 Å². The predicted molar refractivity (Wildman–Crippen MR) is 94.7 cm³/mol. The number of para-hydroxylation sites is 1. The average Bonchev–Trinajstić information content (AvgIpc) is 3.04. The highest BCUT2D eigenvalue weighted by atomic mass is 32.2. The number of sulfonamides is 1. The molecule has 7 nitrogen and oxygen atoms in total. The Morgan fingerprint density at radius 2 is 1.92 bits per heavy atom. The molecule has 0 saturated heterocycles. The Hall–Kier alpha value is -3.04. The summed E-state index contributed by atoms with van der Waals surface area (Å²) in [5, 5.41) is 11.7. The van der Waals surface area contributed by atoms with Crippen molar-refractivity contribution in [1.29, 1.82) is 0 Å². The van der Waals surface area contributed by atoms with Crippen LogP contribution in [0.1, 0.15) is 16.1 Å². The first-order valence-electron chi connectivity index (χ1n) is 7.53. The highest BCUT2D eigenvalue weighted by Gasteiger charge is 2.13. The molecule has 3 N–H and O–H groups in total. The van der Waals surface area contributed by atoms with Gasteiger partial charge in [0.2, 0.25) is 10.0 Å². The normalized spacial score (nSPS) is 11.3. The molecular formula is C17H15FN4O3S. The SMILES string of the molecule is NS(=O)(=O)Cc1cccc(NC(=O)c2ccn(-c3ccccc3F)n2)c1. The fraction of sp³-hybridized carbons (Fsp3) is 0.0588. The number of aromatic nitrogens is 2. The Kier molecular flexibility index (Phi) is 4.83. The van der Waals surface area contributed by atoms with Crippen LogP contribution in [-0.2, 0) is 15.8 Å². The number of benzene rings is 2. The maximum absolute atomic E-state index is 13.8. The van der Waals surface area contributed by atoms with E-state index in [4.69, 9.17) is 5.14 Å².